The Kier molecular flexibility index (Phi) is 5.47. The van der Waals surface area contributed by atoms with E-state index in [1.807, 2.05) is 36.9 Å². The molecule has 0 fully saturated rings. The summed E-state index contributed by atoms with van der Waals surface area (Å²) in [6, 6.07) is 12.4. The van der Waals surface area contributed by atoms with Gasteiger partial charge in [0.15, 0.2) is 0 Å². The Hall–Kier alpha value is -2.53. The quantitative estimate of drug-likeness (QED) is 0.832. The molecule has 2 aromatic rings. The highest BCUT2D eigenvalue weighted by molar-refractivity contribution is 6.30. The molecule has 0 bridgehead atoms. The number of rotatable bonds is 3. The van der Waals surface area contributed by atoms with Gasteiger partial charge < -0.3 is 15.5 Å². The van der Waals surface area contributed by atoms with Crippen LogP contribution >= 0.6 is 11.6 Å². The lowest BCUT2D eigenvalue weighted by Crippen LogP contribution is -2.38. The number of hydrogen-bond acceptors (Lipinski definition) is 2. The molecule has 6 heteroatoms. The predicted molar refractivity (Wildman–Crippen MR) is 104 cm³/mol. The van der Waals surface area contributed by atoms with Gasteiger partial charge in [-0.3, -0.25) is 4.79 Å². The molecule has 0 radical (unpaired) electrons. The van der Waals surface area contributed by atoms with E-state index in [1.54, 1.807) is 24.3 Å². The van der Waals surface area contributed by atoms with Crippen LogP contribution in [0.15, 0.2) is 42.5 Å². The van der Waals surface area contributed by atoms with Crippen LogP contribution in [-0.4, -0.2) is 23.4 Å². The zero-order valence-electron chi connectivity index (χ0n) is 14.9. The van der Waals surface area contributed by atoms with E-state index in [1.165, 1.54) is 5.56 Å². The SMILES string of the molecule is CC(C)C(=O)N1CCc2ccc(NC(=O)Nc3ccc(Cl)cc3)cc2C1. The summed E-state index contributed by atoms with van der Waals surface area (Å²) in [6.45, 7) is 5.16. The van der Waals surface area contributed by atoms with Crippen molar-refractivity contribution < 1.29 is 9.59 Å². The molecule has 3 rings (SSSR count). The zero-order valence-corrected chi connectivity index (χ0v) is 15.6. The maximum atomic E-state index is 12.2. The summed E-state index contributed by atoms with van der Waals surface area (Å²) in [4.78, 5) is 26.3. The molecular weight excluding hydrogens is 350 g/mol. The number of nitrogens with zero attached hydrogens (tertiary/aromatic N) is 1. The second-order valence-electron chi connectivity index (χ2n) is 6.73. The Morgan fingerprint density at radius 1 is 1.00 bits per heavy atom. The third-order valence-corrected chi connectivity index (χ3v) is 4.64. The Balaban J connectivity index is 1.66. The number of carbonyl (C=O) groups excluding carboxylic acids is 2. The first-order valence-corrected chi connectivity index (χ1v) is 9.04. The van der Waals surface area contributed by atoms with Crippen molar-refractivity contribution in [1.29, 1.82) is 0 Å². The topological polar surface area (TPSA) is 61.4 Å². The van der Waals surface area contributed by atoms with Crippen LogP contribution in [-0.2, 0) is 17.8 Å². The van der Waals surface area contributed by atoms with Crippen LogP contribution < -0.4 is 10.6 Å². The third-order valence-electron chi connectivity index (χ3n) is 4.38. The molecule has 2 aromatic carbocycles. The van der Waals surface area contributed by atoms with Crippen LogP contribution in [0.2, 0.25) is 5.02 Å². The molecule has 0 aromatic heterocycles. The molecule has 0 atom stereocenters. The molecule has 2 N–H and O–H groups in total. The van der Waals surface area contributed by atoms with E-state index >= 15 is 0 Å². The summed E-state index contributed by atoms with van der Waals surface area (Å²) in [5, 5.41) is 6.22. The maximum Gasteiger partial charge on any atom is 0.323 e. The van der Waals surface area contributed by atoms with Gasteiger partial charge in [-0.05, 0) is 53.9 Å². The number of anilines is 2. The summed E-state index contributed by atoms with van der Waals surface area (Å²) in [7, 11) is 0. The van der Waals surface area contributed by atoms with E-state index in [4.69, 9.17) is 11.6 Å². The highest BCUT2D eigenvalue weighted by Gasteiger charge is 2.22. The molecule has 0 aliphatic carbocycles. The van der Waals surface area contributed by atoms with Crippen molar-refractivity contribution in [2.45, 2.75) is 26.8 Å². The Bertz CT molecular complexity index is 818. The van der Waals surface area contributed by atoms with Crippen LogP contribution in [0, 0.1) is 5.92 Å². The number of halogens is 1. The predicted octanol–water partition coefficient (Wildman–Crippen LogP) is 4.52. The fourth-order valence-electron chi connectivity index (χ4n) is 3.01. The monoisotopic (exact) mass is 371 g/mol. The molecule has 0 unspecified atom stereocenters. The van der Waals surface area contributed by atoms with Crippen LogP contribution in [0.4, 0.5) is 16.2 Å². The van der Waals surface area contributed by atoms with Gasteiger partial charge in [-0.15, -0.1) is 0 Å². The largest absolute Gasteiger partial charge is 0.338 e. The molecule has 1 aliphatic heterocycles. The average Bonchev–Trinajstić information content (AvgIpc) is 2.62. The van der Waals surface area contributed by atoms with E-state index in [0.29, 0.717) is 22.9 Å². The van der Waals surface area contributed by atoms with Gasteiger partial charge in [-0.25, -0.2) is 4.79 Å². The summed E-state index contributed by atoms with van der Waals surface area (Å²) in [6.07, 6.45) is 0.838. The van der Waals surface area contributed by atoms with Crippen molar-refractivity contribution in [2.24, 2.45) is 5.92 Å². The summed E-state index contributed by atoms with van der Waals surface area (Å²) in [5.41, 5.74) is 3.67. The van der Waals surface area contributed by atoms with Crippen LogP contribution in [0.1, 0.15) is 25.0 Å². The van der Waals surface area contributed by atoms with Gasteiger partial charge in [-0.2, -0.15) is 0 Å². The number of carbonyl (C=O) groups is 2. The molecule has 5 nitrogen and oxygen atoms in total. The van der Waals surface area contributed by atoms with Crippen molar-refractivity contribution >= 4 is 34.9 Å². The number of hydrogen-bond donors (Lipinski definition) is 2. The molecule has 0 saturated heterocycles. The van der Waals surface area contributed by atoms with E-state index in [2.05, 4.69) is 10.6 Å². The number of amides is 3. The third kappa shape index (κ3) is 4.35. The summed E-state index contributed by atoms with van der Waals surface area (Å²) < 4.78 is 0. The number of urea groups is 1. The molecule has 1 heterocycles. The molecule has 26 heavy (non-hydrogen) atoms. The summed E-state index contributed by atoms with van der Waals surface area (Å²) >= 11 is 5.84. The van der Waals surface area contributed by atoms with Crippen molar-refractivity contribution in [2.75, 3.05) is 17.2 Å². The molecule has 136 valence electrons. The normalized spacial score (nSPS) is 13.3. The van der Waals surface area contributed by atoms with Gasteiger partial charge in [0.1, 0.15) is 0 Å². The highest BCUT2D eigenvalue weighted by Crippen LogP contribution is 2.24. The second kappa shape index (κ2) is 7.79. The minimum Gasteiger partial charge on any atom is -0.338 e. The smallest absolute Gasteiger partial charge is 0.323 e. The first kappa shape index (κ1) is 18.3. The zero-order chi connectivity index (χ0) is 18.7. The van der Waals surface area contributed by atoms with Gasteiger partial charge in [-0.1, -0.05) is 31.5 Å². The van der Waals surface area contributed by atoms with Gasteiger partial charge in [0.05, 0.1) is 0 Å². The van der Waals surface area contributed by atoms with Crippen molar-refractivity contribution in [3.05, 3.63) is 58.6 Å². The number of benzene rings is 2. The molecule has 0 spiro atoms. The van der Waals surface area contributed by atoms with Gasteiger partial charge >= 0.3 is 6.03 Å². The second-order valence-corrected chi connectivity index (χ2v) is 7.17. The fourth-order valence-corrected chi connectivity index (χ4v) is 3.14. The fraction of sp³-hybridized carbons (Fsp3) is 0.300. The Labute approximate surface area is 158 Å². The number of fused-ring (bicyclic) bond motifs is 1. The van der Waals surface area contributed by atoms with Crippen molar-refractivity contribution in [1.82, 2.24) is 4.90 Å². The minimum absolute atomic E-state index is 0.0111. The lowest BCUT2D eigenvalue weighted by Gasteiger charge is -2.30. The standard InChI is InChI=1S/C20H22ClN3O2/c1-13(2)19(25)24-10-9-14-3-6-18(11-15(14)12-24)23-20(26)22-17-7-4-16(21)5-8-17/h3-8,11,13H,9-10,12H2,1-2H3,(H2,22,23,26). The Morgan fingerprint density at radius 3 is 2.35 bits per heavy atom. The first-order valence-electron chi connectivity index (χ1n) is 8.66. The van der Waals surface area contributed by atoms with Crippen molar-refractivity contribution in [3.63, 3.8) is 0 Å². The van der Waals surface area contributed by atoms with E-state index in [9.17, 15) is 9.59 Å². The molecular formula is C20H22ClN3O2. The van der Waals surface area contributed by atoms with E-state index < -0.39 is 0 Å². The lowest BCUT2D eigenvalue weighted by atomic mass is 9.98. The highest BCUT2D eigenvalue weighted by atomic mass is 35.5. The maximum absolute atomic E-state index is 12.2. The first-order chi connectivity index (χ1) is 12.4. The summed E-state index contributed by atoms with van der Waals surface area (Å²) in [5.74, 6) is 0.150. The molecule has 3 amide bonds. The van der Waals surface area contributed by atoms with E-state index in [0.717, 1.165) is 18.5 Å². The Morgan fingerprint density at radius 2 is 1.65 bits per heavy atom. The van der Waals surface area contributed by atoms with Crippen LogP contribution in [0.5, 0.6) is 0 Å². The van der Waals surface area contributed by atoms with Gasteiger partial charge in [0, 0.05) is 35.4 Å². The molecule has 1 aliphatic rings. The van der Waals surface area contributed by atoms with Gasteiger partial charge in [0.2, 0.25) is 5.91 Å². The van der Waals surface area contributed by atoms with Crippen molar-refractivity contribution in [3.8, 4) is 0 Å². The average molecular weight is 372 g/mol. The molecule has 0 saturated carbocycles. The number of nitrogens with one attached hydrogen (secondary N) is 2. The minimum atomic E-state index is -0.321. The lowest BCUT2D eigenvalue weighted by molar-refractivity contribution is -0.135. The van der Waals surface area contributed by atoms with Crippen LogP contribution in [0.3, 0.4) is 0 Å². The van der Waals surface area contributed by atoms with Gasteiger partial charge in [0.25, 0.3) is 0 Å². The van der Waals surface area contributed by atoms with E-state index in [-0.39, 0.29) is 17.9 Å². The van der Waals surface area contributed by atoms with Crippen LogP contribution in [0.25, 0.3) is 0 Å².